The fraction of sp³-hybridized carbons (Fsp3) is 0.556. The molecule has 0 fully saturated rings. The van der Waals surface area contributed by atoms with Crippen molar-refractivity contribution in [2.75, 3.05) is 5.32 Å². The summed E-state index contributed by atoms with van der Waals surface area (Å²) in [5, 5.41) is 7.17. The maximum atomic E-state index is 10.8. The van der Waals surface area contributed by atoms with Crippen LogP contribution in [0.4, 0.5) is 5.69 Å². The molecule has 0 unspecified atom stereocenters. The molecule has 78 valence electrons. The molecule has 0 spiro atoms. The zero-order chi connectivity index (χ0) is 10.9. The normalized spacial score (nSPS) is 11.5. The first kappa shape index (κ1) is 11.0. The van der Waals surface area contributed by atoms with Gasteiger partial charge in [0.15, 0.2) is 5.15 Å². The van der Waals surface area contributed by atoms with Crippen LogP contribution in [0, 0.1) is 0 Å². The minimum Gasteiger partial charge on any atom is -0.322 e. The van der Waals surface area contributed by atoms with Gasteiger partial charge in [0.25, 0.3) is 0 Å². The third-order valence-electron chi connectivity index (χ3n) is 1.66. The monoisotopic (exact) mass is 215 g/mol. The zero-order valence-electron chi connectivity index (χ0n) is 8.76. The molecule has 1 amide bonds. The molecular formula is C9H14ClN3O. The summed E-state index contributed by atoms with van der Waals surface area (Å²) in [7, 11) is 0. The molecule has 1 heterocycles. The Morgan fingerprint density at radius 3 is 2.50 bits per heavy atom. The number of hydrogen-bond acceptors (Lipinski definition) is 2. The van der Waals surface area contributed by atoms with E-state index in [1.165, 1.54) is 6.92 Å². The Balaban J connectivity index is 3.03. The average molecular weight is 216 g/mol. The van der Waals surface area contributed by atoms with E-state index >= 15 is 0 Å². The van der Waals surface area contributed by atoms with Crippen LogP contribution in [-0.4, -0.2) is 15.7 Å². The molecule has 0 atom stereocenters. The highest BCUT2D eigenvalue weighted by atomic mass is 35.5. The van der Waals surface area contributed by atoms with Crippen LogP contribution < -0.4 is 5.32 Å². The molecule has 1 aromatic heterocycles. The largest absolute Gasteiger partial charge is 0.322 e. The molecule has 1 aromatic rings. The molecule has 0 radical (unpaired) electrons. The molecule has 0 aliphatic heterocycles. The van der Waals surface area contributed by atoms with Gasteiger partial charge in [-0.2, -0.15) is 5.10 Å². The van der Waals surface area contributed by atoms with Crippen molar-refractivity contribution in [3.8, 4) is 0 Å². The third kappa shape index (κ3) is 2.26. The van der Waals surface area contributed by atoms with E-state index in [-0.39, 0.29) is 11.4 Å². The Morgan fingerprint density at radius 2 is 2.14 bits per heavy atom. The summed E-state index contributed by atoms with van der Waals surface area (Å²) < 4.78 is 1.67. The van der Waals surface area contributed by atoms with Crippen LogP contribution in [0.15, 0.2) is 6.20 Å². The highest BCUT2D eigenvalue weighted by Crippen LogP contribution is 2.26. The number of anilines is 1. The van der Waals surface area contributed by atoms with E-state index in [2.05, 4.69) is 10.4 Å². The fourth-order valence-corrected chi connectivity index (χ4v) is 1.47. The fourth-order valence-electron chi connectivity index (χ4n) is 1.07. The van der Waals surface area contributed by atoms with Crippen LogP contribution in [0.2, 0.25) is 5.15 Å². The number of rotatable bonds is 1. The second kappa shape index (κ2) is 3.61. The lowest BCUT2D eigenvalue weighted by molar-refractivity contribution is -0.114. The highest BCUT2D eigenvalue weighted by Gasteiger charge is 2.19. The first-order valence-electron chi connectivity index (χ1n) is 4.34. The number of aromatic nitrogens is 2. The topological polar surface area (TPSA) is 46.9 Å². The highest BCUT2D eigenvalue weighted by molar-refractivity contribution is 6.32. The van der Waals surface area contributed by atoms with E-state index in [0.29, 0.717) is 10.8 Å². The second-order valence-electron chi connectivity index (χ2n) is 4.11. The SMILES string of the molecule is CC(=O)Nc1cnn(C(C)(C)C)c1Cl. The van der Waals surface area contributed by atoms with Crippen molar-refractivity contribution >= 4 is 23.2 Å². The predicted molar refractivity (Wildman–Crippen MR) is 56.5 cm³/mol. The molecular weight excluding hydrogens is 202 g/mol. The summed E-state index contributed by atoms with van der Waals surface area (Å²) in [4.78, 5) is 10.8. The molecule has 0 bridgehead atoms. The van der Waals surface area contributed by atoms with Crippen molar-refractivity contribution in [1.29, 1.82) is 0 Å². The Labute approximate surface area is 88.2 Å². The first-order valence-corrected chi connectivity index (χ1v) is 4.72. The van der Waals surface area contributed by atoms with Crippen LogP contribution in [0.25, 0.3) is 0 Å². The summed E-state index contributed by atoms with van der Waals surface area (Å²) in [5.41, 5.74) is 0.363. The average Bonchev–Trinajstić information content (AvgIpc) is 2.30. The van der Waals surface area contributed by atoms with Crippen molar-refractivity contribution in [2.24, 2.45) is 0 Å². The molecule has 1 N–H and O–H groups in total. The predicted octanol–water partition coefficient (Wildman–Crippen LogP) is 2.25. The van der Waals surface area contributed by atoms with Crippen molar-refractivity contribution in [2.45, 2.75) is 33.2 Å². The quantitative estimate of drug-likeness (QED) is 0.781. The second-order valence-corrected chi connectivity index (χ2v) is 4.47. The van der Waals surface area contributed by atoms with Gasteiger partial charge in [-0.3, -0.25) is 4.79 Å². The van der Waals surface area contributed by atoms with Crippen molar-refractivity contribution in [3.05, 3.63) is 11.3 Å². The Kier molecular flexibility index (Phi) is 2.85. The maximum absolute atomic E-state index is 10.8. The van der Waals surface area contributed by atoms with Crippen LogP contribution >= 0.6 is 11.6 Å². The Morgan fingerprint density at radius 1 is 1.57 bits per heavy atom. The Hall–Kier alpha value is -1.03. The molecule has 4 nitrogen and oxygen atoms in total. The molecule has 0 saturated heterocycles. The van der Waals surface area contributed by atoms with Gasteiger partial charge in [0, 0.05) is 6.92 Å². The van der Waals surface area contributed by atoms with E-state index < -0.39 is 0 Å². The van der Waals surface area contributed by atoms with Gasteiger partial charge in [-0.1, -0.05) is 11.6 Å². The lowest BCUT2D eigenvalue weighted by Gasteiger charge is -2.20. The van der Waals surface area contributed by atoms with Gasteiger partial charge in [-0.15, -0.1) is 0 Å². The molecule has 5 heteroatoms. The zero-order valence-corrected chi connectivity index (χ0v) is 9.51. The molecule has 0 aliphatic rings. The number of carbonyl (C=O) groups excluding carboxylic acids is 1. The van der Waals surface area contributed by atoms with E-state index in [1.807, 2.05) is 20.8 Å². The third-order valence-corrected chi connectivity index (χ3v) is 2.02. The molecule has 14 heavy (non-hydrogen) atoms. The van der Waals surface area contributed by atoms with E-state index in [1.54, 1.807) is 10.9 Å². The maximum Gasteiger partial charge on any atom is 0.221 e. The summed E-state index contributed by atoms with van der Waals surface area (Å²) in [6.07, 6.45) is 1.55. The van der Waals surface area contributed by atoms with Crippen molar-refractivity contribution < 1.29 is 4.79 Å². The van der Waals surface area contributed by atoms with Gasteiger partial charge in [0.1, 0.15) is 0 Å². The van der Waals surface area contributed by atoms with Gasteiger partial charge < -0.3 is 5.32 Å². The molecule has 0 aromatic carbocycles. The lowest BCUT2D eigenvalue weighted by Crippen LogP contribution is -2.23. The standard InChI is InChI=1S/C9H14ClN3O/c1-6(14)12-7-5-11-13(8(7)10)9(2,3)4/h5H,1-4H3,(H,12,14). The summed E-state index contributed by atoms with van der Waals surface area (Å²) in [5.74, 6) is -0.152. The summed E-state index contributed by atoms with van der Waals surface area (Å²) in [6, 6.07) is 0. The van der Waals surface area contributed by atoms with Gasteiger partial charge in [-0.05, 0) is 20.8 Å². The lowest BCUT2D eigenvalue weighted by atomic mass is 10.1. The van der Waals surface area contributed by atoms with Gasteiger partial charge >= 0.3 is 0 Å². The van der Waals surface area contributed by atoms with Crippen molar-refractivity contribution in [1.82, 2.24) is 9.78 Å². The van der Waals surface area contributed by atoms with Gasteiger partial charge in [0.05, 0.1) is 17.4 Å². The summed E-state index contributed by atoms with van der Waals surface area (Å²) in [6.45, 7) is 7.40. The number of hydrogen-bond donors (Lipinski definition) is 1. The smallest absolute Gasteiger partial charge is 0.221 e. The Bertz CT molecular complexity index is 351. The number of halogens is 1. The van der Waals surface area contributed by atoms with E-state index in [9.17, 15) is 4.79 Å². The molecule has 1 rings (SSSR count). The van der Waals surface area contributed by atoms with Crippen LogP contribution in [-0.2, 0) is 10.3 Å². The summed E-state index contributed by atoms with van der Waals surface area (Å²) >= 11 is 6.04. The minimum atomic E-state index is -0.187. The van der Waals surface area contributed by atoms with Crippen LogP contribution in [0.5, 0.6) is 0 Å². The number of nitrogens with zero attached hydrogens (tertiary/aromatic N) is 2. The van der Waals surface area contributed by atoms with Crippen molar-refractivity contribution in [3.63, 3.8) is 0 Å². The van der Waals surface area contributed by atoms with Crippen LogP contribution in [0.3, 0.4) is 0 Å². The minimum absolute atomic E-state index is 0.152. The molecule has 0 aliphatic carbocycles. The number of nitrogens with one attached hydrogen (secondary N) is 1. The first-order chi connectivity index (χ1) is 6.32. The van der Waals surface area contributed by atoms with E-state index in [0.717, 1.165) is 0 Å². The van der Waals surface area contributed by atoms with E-state index in [4.69, 9.17) is 11.6 Å². The van der Waals surface area contributed by atoms with Gasteiger partial charge in [-0.25, -0.2) is 4.68 Å². The number of carbonyl (C=O) groups is 1. The van der Waals surface area contributed by atoms with Gasteiger partial charge in [0.2, 0.25) is 5.91 Å². The number of amides is 1. The molecule has 0 saturated carbocycles. The van der Waals surface area contributed by atoms with Crippen LogP contribution in [0.1, 0.15) is 27.7 Å².